The Bertz CT molecular complexity index is 698. The van der Waals surface area contributed by atoms with Crippen molar-refractivity contribution >= 4 is 27.0 Å². The second-order valence-electron chi connectivity index (χ2n) is 4.26. The summed E-state index contributed by atoms with van der Waals surface area (Å²) < 4.78 is 39.4. The lowest BCUT2D eigenvalue weighted by molar-refractivity contribution is 0.596. The number of hydrogen-bond acceptors (Lipinski definition) is 4. The number of nitrogens with zero attached hydrogens (tertiary/aromatic N) is 1. The van der Waals surface area contributed by atoms with E-state index in [-0.39, 0.29) is 4.21 Å². The average molecular weight is 314 g/mol. The molecule has 2 aromatic rings. The van der Waals surface area contributed by atoms with E-state index in [2.05, 4.69) is 5.32 Å². The second-order valence-corrected chi connectivity index (χ2v) is 7.36. The van der Waals surface area contributed by atoms with Crippen LogP contribution in [0.2, 0.25) is 0 Å². The molecule has 0 aliphatic heterocycles. The Labute approximate surface area is 121 Å². The van der Waals surface area contributed by atoms with E-state index < -0.39 is 15.8 Å². The zero-order valence-corrected chi connectivity index (χ0v) is 12.8. The van der Waals surface area contributed by atoms with E-state index in [1.807, 2.05) is 0 Å². The monoisotopic (exact) mass is 314 g/mol. The standard InChI is InChI=1S/C13H15FN2O2S2/c1-15-8-10-6-13(19-9-10)20(17,18)16(2)12-5-3-4-11(14)7-12/h3-7,9,15H,8H2,1-2H3. The number of nitrogens with one attached hydrogen (secondary N) is 1. The van der Waals surface area contributed by atoms with Gasteiger partial charge in [0.05, 0.1) is 5.69 Å². The summed E-state index contributed by atoms with van der Waals surface area (Å²) in [7, 11) is -0.434. The molecule has 0 aliphatic rings. The number of anilines is 1. The normalized spacial score (nSPS) is 11.6. The van der Waals surface area contributed by atoms with Gasteiger partial charge in [-0.05, 0) is 42.3 Å². The minimum atomic E-state index is -3.65. The van der Waals surface area contributed by atoms with E-state index in [0.717, 1.165) is 21.2 Å². The van der Waals surface area contributed by atoms with Gasteiger partial charge in [-0.15, -0.1) is 11.3 Å². The van der Waals surface area contributed by atoms with E-state index in [4.69, 9.17) is 0 Å². The smallest absolute Gasteiger partial charge is 0.273 e. The predicted octanol–water partition coefficient (Wildman–Crippen LogP) is 2.43. The maximum atomic E-state index is 13.2. The van der Waals surface area contributed by atoms with Gasteiger partial charge in [-0.25, -0.2) is 12.8 Å². The first-order valence-corrected chi connectivity index (χ1v) is 8.23. The van der Waals surface area contributed by atoms with Crippen molar-refractivity contribution in [2.75, 3.05) is 18.4 Å². The Morgan fingerprint density at radius 1 is 1.35 bits per heavy atom. The van der Waals surface area contributed by atoms with Crippen molar-refractivity contribution in [2.45, 2.75) is 10.8 Å². The third-order valence-corrected chi connectivity index (χ3v) is 6.05. The van der Waals surface area contributed by atoms with Gasteiger partial charge in [-0.2, -0.15) is 0 Å². The summed E-state index contributed by atoms with van der Waals surface area (Å²) in [6, 6.07) is 7.15. The molecule has 0 unspecified atom stereocenters. The molecule has 2 rings (SSSR count). The first-order chi connectivity index (χ1) is 9.45. The van der Waals surface area contributed by atoms with Gasteiger partial charge in [0.15, 0.2) is 0 Å². The van der Waals surface area contributed by atoms with Crippen LogP contribution in [-0.4, -0.2) is 22.5 Å². The van der Waals surface area contributed by atoms with Crippen molar-refractivity contribution in [1.82, 2.24) is 5.32 Å². The summed E-state index contributed by atoms with van der Waals surface area (Å²) in [5, 5.41) is 4.76. The number of halogens is 1. The maximum Gasteiger partial charge on any atom is 0.273 e. The van der Waals surface area contributed by atoms with Gasteiger partial charge in [-0.3, -0.25) is 4.31 Å². The van der Waals surface area contributed by atoms with Gasteiger partial charge in [0.1, 0.15) is 10.0 Å². The van der Waals surface area contributed by atoms with Crippen LogP contribution in [0.3, 0.4) is 0 Å². The Morgan fingerprint density at radius 3 is 2.75 bits per heavy atom. The highest BCUT2D eigenvalue weighted by molar-refractivity contribution is 7.94. The van der Waals surface area contributed by atoms with Gasteiger partial charge in [0.2, 0.25) is 0 Å². The van der Waals surface area contributed by atoms with Crippen molar-refractivity contribution in [2.24, 2.45) is 0 Å². The topological polar surface area (TPSA) is 49.4 Å². The van der Waals surface area contributed by atoms with E-state index in [1.54, 1.807) is 24.6 Å². The maximum absolute atomic E-state index is 13.2. The predicted molar refractivity (Wildman–Crippen MR) is 79.1 cm³/mol. The molecule has 4 nitrogen and oxygen atoms in total. The van der Waals surface area contributed by atoms with Gasteiger partial charge in [-0.1, -0.05) is 6.07 Å². The van der Waals surface area contributed by atoms with Crippen LogP contribution in [0.4, 0.5) is 10.1 Å². The van der Waals surface area contributed by atoms with E-state index in [1.165, 1.54) is 25.2 Å². The molecule has 0 spiro atoms. The first kappa shape index (κ1) is 15.0. The quantitative estimate of drug-likeness (QED) is 0.922. The highest BCUT2D eigenvalue weighted by Crippen LogP contribution is 2.27. The zero-order valence-electron chi connectivity index (χ0n) is 11.1. The number of hydrogen-bond donors (Lipinski definition) is 1. The Kier molecular flexibility index (Phi) is 4.42. The van der Waals surface area contributed by atoms with Gasteiger partial charge < -0.3 is 5.32 Å². The fourth-order valence-electron chi connectivity index (χ4n) is 1.73. The van der Waals surface area contributed by atoms with E-state index in [0.29, 0.717) is 12.2 Å². The van der Waals surface area contributed by atoms with Crippen molar-refractivity contribution < 1.29 is 12.8 Å². The Balaban J connectivity index is 2.33. The SMILES string of the molecule is CNCc1csc(S(=O)(=O)N(C)c2cccc(F)c2)c1. The van der Waals surface area contributed by atoms with Gasteiger partial charge >= 0.3 is 0 Å². The molecule has 0 amide bonds. The van der Waals surface area contributed by atoms with Crippen LogP contribution in [0.25, 0.3) is 0 Å². The van der Waals surface area contributed by atoms with Gasteiger partial charge in [0.25, 0.3) is 10.0 Å². The number of thiophene rings is 1. The minimum Gasteiger partial charge on any atom is -0.316 e. The molecule has 0 atom stereocenters. The molecule has 0 aliphatic carbocycles. The van der Waals surface area contributed by atoms with Gasteiger partial charge in [0, 0.05) is 13.6 Å². The van der Waals surface area contributed by atoms with Crippen LogP contribution in [0.1, 0.15) is 5.56 Å². The number of rotatable bonds is 5. The van der Waals surface area contributed by atoms with Crippen LogP contribution >= 0.6 is 11.3 Å². The average Bonchev–Trinajstić information content (AvgIpc) is 2.87. The molecule has 0 radical (unpaired) electrons. The lowest BCUT2D eigenvalue weighted by atomic mass is 10.3. The van der Waals surface area contributed by atoms with Crippen LogP contribution in [-0.2, 0) is 16.6 Å². The Morgan fingerprint density at radius 2 is 2.10 bits per heavy atom. The summed E-state index contributed by atoms with van der Waals surface area (Å²) >= 11 is 1.16. The lowest BCUT2D eigenvalue weighted by Crippen LogP contribution is -2.25. The molecule has 20 heavy (non-hydrogen) atoms. The molecule has 0 fully saturated rings. The fourth-order valence-corrected chi connectivity index (χ4v) is 4.30. The molecule has 0 bridgehead atoms. The molecular formula is C13H15FN2O2S2. The molecule has 7 heteroatoms. The van der Waals surface area contributed by atoms with E-state index >= 15 is 0 Å². The molecule has 108 valence electrons. The van der Waals surface area contributed by atoms with Crippen LogP contribution in [0, 0.1) is 5.82 Å². The molecule has 1 N–H and O–H groups in total. The Hall–Kier alpha value is -1.44. The molecule has 0 saturated heterocycles. The minimum absolute atomic E-state index is 0.245. The molecule has 0 saturated carbocycles. The van der Waals surface area contributed by atoms with Crippen molar-refractivity contribution in [3.63, 3.8) is 0 Å². The fraction of sp³-hybridized carbons (Fsp3) is 0.231. The van der Waals surface area contributed by atoms with Crippen LogP contribution < -0.4 is 9.62 Å². The molecule has 1 heterocycles. The van der Waals surface area contributed by atoms with Crippen molar-refractivity contribution in [3.8, 4) is 0 Å². The summed E-state index contributed by atoms with van der Waals surface area (Å²) in [5.74, 6) is -0.466. The third-order valence-electron chi connectivity index (χ3n) is 2.80. The van der Waals surface area contributed by atoms with Crippen molar-refractivity contribution in [3.05, 3.63) is 47.1 Å². The van der Waals surface area contributed by atoms with E-state index in [9.17, 15) is 12.8 Å². The summed E-state index contributed by atoms with van der Waals surface area (Å²) in [6.07, 6.45) is 0. The zero-order chi connectivity index (χ0) is 14.8. The molecule has 1 aromatic heterocycles. The summed E-state index contributed by atoms with van der Waals surface area (Å²) in [5.41, 5.74) is 1.21. The summed E-state index contributed by atoms with van der Waals surface area (Å²) in [6.45, 7) is 0.607. The third kappa shape index (κ3) is 3.00. The lowest BCUT2D eigenvalue weighted by Gasteiger charge is -2.18. The molecule has 1 aromatic carbocycles. The van der Waals surface area contributed by atoms with Crippen molar-refractivity contribution in [1.29, 1.82) is 0 Å². The van der Waals surface area contributed by atoms with Crippen LogP contribution in [0.15, 0.2) is 39.9 Å². The number of sulfonamides is 1. The summed E-state index contributed by atoms with van der Waals surface area (Å²) in [4.78, 5) is 0. The first-order valence-electron chi connectivity index (χ1n) is 5.91. The highest BCUT2D eigenvalue weighted by atomic mass is 32.2. The van der Waals surface area contributed by atoms with Crippen LogP contribution in [0.5, 0.6) is 0 Å². The highest BCUT2D eigenvalue weighted by Gasteiger charge is 2.23. The second kappa shape index (κ2) is 5.90. The largest absolute Gasteiger partial charge is 0.316 e. The number of benzene rings is 1. The molecular weight excluding hydrogens is 299 g/mol.